The van der Waals surface area contributed by atoms with Crippen LogP contribution in [-0.2, 0) is 11.3 Å². The van der Waals surface area contributed by atoms with E-state index in [4.69, 9.17) is 0 Å². The molecule has 0 aliphatic carbocycles. The van der Waals surface area contributed by atoms with E-state index in [0.717, 1.165) is 0 Å². The van der Waals surface area contributed by atoms with Gasteiger partial charge >= 0.3 is 0 Å². The molecule has 0 spiro atoms. The van der Waals surface area contributed by atoms with Crippen molar-refractivity contribution in [1.29, 1.82) is 0 Å². The van der Waals surface area contributed by atoms with Gasteiger partial charge in [-0.1, -0.05) is 24.3 Å². The normalized spacial score (nSPS) is 12.2. The Hall–Kier alpha value is -2.20. The standard InChI is InChI=1S/C18H21FN2O/c1-13-6-4-5-7-15(13)12-21(3)14(2)18(22)20-17-10-8-16(19)9-11-17/h4-11,14H,12H2,1-3H3,(H,20,22)/t14-/m0/s1. The minimum Gasteiger partial charge on any atom is -0.325 e. The lowest BCUT2D eigenvalue weighted by Crippen LogP contribution is -2.39. The molecule has 0 fully saturated rings. The number of carbonyl (C=O) groups is 1. The van der Waals surface area contributed by atoms with Crippen LogP contribution in [0.5, 0.6) is 0 Å². The molecular formula is C18H21FN2O. The van der Waals surface area contributed by atoms with Crippen LogP contribution < -0.4 is 5.32 Å². The number of nitrogens with zero attached hydrogens (tertiary/aromatic N) is 1. The highest BCUT2D eigenvalue weighted by atomic mass is 19.1. The van der Waals surface area contributed by atoms with Crippen molar-refractivity contribution in [3.63, 3.8) is 0 Å². The zero-order chi connectivity index (χ0) is 16.1. The Labute approximate surface area is 130 Å². The molecule has 2 aromatic carbocycles. The van der Waals surface area contributed by atoms with Gasteiger partial charge in [0.05, 0.1) is 6.04 Å². The summed E-state index contributed by atoms with van der Waals surface area (Å²) in [7, 11) is 1.92. The van der Waals surface area contributed by atoms with Gasteiger partial charge in [-0.3, -0.25) is 9.69 Å². The summed E-state index contributed by atoms with van der Waals surface area (Å²) in [4.78, 5) is 14.3. The number of benzene rings is 2. The van der Waals surface area contributed by atoms with Crippen molar-refractivity contribution in [3.8, 4) is 0 Å². The zero-order valence-corrected chi connectivity index (χ0v) is 13.1. The Kier molecular flexibility index (Phi) is 5.28. The summed E-state index contributed by atoms with van der Waals surface area (Å²) in [5.41, 5.74) is 3.01. The summed E-state index contributed by atoms with van der Waals surface area (Å²) in [5, 5.41) is 2.80. The van der Waals surface area contributed by atoms with Gasteiger partial charge in [0.15, 0.2) is 0 Å². The van der Waals surface area contributed by atoms with Crippen molar-refractivity contribution in [1.82, 2.24) is 4.90 Å². The molecule has 4 heteroatoms. The lowest BCUT2D eigenvalue weighted by Gasteiger charge is -2.24. The van der Waals surface area contributed by atoms with Crippen LogP contribution in [0.15, 0.2) is 48.5 Å². The number of amides is 1. The van der Waals surface area contributed by atoms with Gasteiger partial charge in [-0.2, -0.15) is 0 Å². The number of anilines is 1. The van der Waals surface area contributed by atoms with Crippen LogP contribution in [0.25, 0.3) is 0 Å². The van der Waals surface area contributed by atoms with E-state index in [1.165, 1.54) is 23.3 Å². The first-order chi connectivity index (χ1) is 10.5. The number of carbonyl (C=O) groups excluding carboxylic acids is 1. The third-order valence-corrected chi connectivity index (χ3v) is 3.83. The van der Waals surface area contributed by atoms with Gasteiger partial charge in [0, 0.05) is 12.2 Å². The molecular weight excluding hydrogens is 279 g/mol. The monoisotopic (exact) mass is 300 g/mol. The molecule has 0 radical (unpaired) electrons. The Balaban J connectivity index is 1.97. The SMILES string of the molecule is Cc1ccccc1CN(C)[C@@H](C)C(=O)Nc1ccc(F)cc1. The number of halogens is 1. The van der Waals surface area contributed by atoms with Gasteiger partial charge in [-0.25, -0.2) is 4.39 Å². The summed E-state index contributed by atoms with van der Waals surface area (Å²) >= 11 is 0. The topological polar surface area (TPSA) is 32.3 Å². The summed E-state index contributed by atoms with van der Waals surface area (Å²) in [6, 6.07) is 13.6. The fourth-order valence-electron chi connectivity index (χ4n) is 2.17. The third-order valence-electron chi connectivity index (χ3n) is 3.83. The number of nitrogens with one attached hydrogen (secondary N) is 1. The Morgan fingerprint density at radius 2 is 1.82 bits per heavy atom. The minimum atomic E-state index is -0.317. The lowest BCUT2D eigenvalue weighted by molar-refractivity contribution is -0.120. The van der Waals surface area contributed by atoms with Gasteiger partial charge in [0.2, 0.25) is 5.91 Å². The number of hydrogen-bond acceptors (Lipinski definition) is 2. The first-order valence-electron chi connectivity index (χ1n) is 7.28. The number of likely N-dealkylation sites (N-methyl/N-ethyl adjacent to an activating group) is 1. The molecule has 0 bridgehead atoms. The molecule has 116 valence electrons. The highest BCUT2D eigenvalue weighted by Gasteiger charge is 2.18. The van der Waals surface area contributed by atoms with Crippen molar-refractivity contribution in [2.75, 3.05) is 12.4 Å². The molecule has 0 aromatic heterocycles. The van der Waals surface area contributed by atoms with E-state index in [1.807, 2.05) is 31.0 Å². The van der Waals surface area contributed by atoms with Crippen LogP contribution >= 0.6 is 0 Å². The number of rotatable bonds is 5. The average molecular weight is 300 g/mol. The minimum absolute atomic E-state index is 0.109. The lowest BCUT2D eigenvalue weighted by atomic mass is 10.1. The van der Waals surface area contributed by atoms with Gasteiger partial charge in [0.25, 0.3) is 0 Å². The molecule has 2 aromatic rings. The van der Waals surface area contributed by atoms with Gasteiger partial charge < -0.3 is 5.32 Å². The molecule has 1 atom stereocenters. The van der Waals surface area contributed by atoms with Crippen LogP contribution in [0, 0.1) is 12.7 Å². The molecule has 0 unspecified atom stereocenters. The van der Waals surface area contributed by atoms with Crippen molar-refractivity contribution in [2.24, 2.45) is 0 Å². The highest BCUT2D eigenvalue weighted by molar-refractivity contribution is 5.94. The largest absolute Gasteiger partial charge is 0.325 e. The second-order valence-corrected chi connectivity index (χ2v) is 5.51. The van der Waals surface area contributed by atoms with Crippen LogP contribution in [0.4, 0.5) is 10.1 Å². The smallest absolute Gasteiger partial charge is 0.241 e. The quantitative estimate of drug-likeness (QED) is 0.915. The molecule has 1 N–H and O–H groups in total. The van der Waals surface area contributed by atoms with Crippen molar-refractivity contribution in [3.05, 3.63) is 65.5 Å². The van der Waals surface area contributed by atoms with E-state index >= 15 is 0 Å². The summed E-state index contributed by atoms with van der Waals surface area (Å²) in [5.74, 6) is -0.426. The van der Waals surface area contributed by atoms with Gasteiger partial charge in [0.1, 0.15) is 5.82 Å². The summed E-state index contributed by atoms with van der Waals surface area (Å²) < 4.78 is 12.9. The summed E-state index contributed by atoms with van der Waals surface area (Å²) in [6.45, 7) is 4.62. The van der Waals surface area contributed by atoms with Crippen LogP contribution in [0.1, 0.15) is 18.1 Å². The second kappa shape index (κ2) is 7.18. The van der Waals surface area contributed by atoms with Crippen LogP contribution in [0.2, 0.25) is 0 Å². The fourth-order valence-corrected chi connectivity index (χ4v) is 2.17. The average Bonchev–Trinajstić information content (AvgIpc) is 2.51. The van der Waals surface area contributed by atoms with E-state index in [1.54, 1.807) is 12.1 Å². The number of aryl methyl sites for hydroxylation is 1. The predicted octanol–water partition coefficient (Wildman–Crippen LogP) is 3.59. The molecule has 3 nitrogen and oxygen atoms in total. The summed E-state index contributed by atoms with van der Waals surface area (Å²) in [6.07, 6.45) is 0. The molecule has 2 rings (SSSR count). The van der Waals surface area contributed by atoms with E-state index in [-0.39, 0.29) is 17.8 Å². The molecule has 0 saturated carbocycles. The maximum Gasteiger partial charge on any atom is 0.241 e. The van der Waals surface area contributed by atoms with Crippen molar-refractivity contribution < 1.29 is 9.18 Å². The van der Waals surface area contributed by atoms with E-state index < -0.39 is 0 Å². The second-order valence-electron chi connectivity index (χ2n) is 5.51. The predicted molar refractivity (Wildman–Crippen MR) is 87.1 cm³/mol. The Morgan fingerprint density at radius 3 is 2.45 bits per heavy atom. The Bertz CT molecular complexity index is 640. The first kappa shape index (κ1) is 16.2. The van der Waals surface area contributed by atoms with E-state index in [2.05, 4.69) is 24.4 Å². The third kappa shape index (κ3) is 4.15. The van der Waals surface area contributed by atoms with Gasteiger partial charge in [-0.05, 0) is 56.3 Å². The Morgan fingerprint density at radius 1 is 1.18 bits per heavy atom. The number of hydrogen-bond donors (Lipinski definition) is 1. The molecule has 0 saturated heterocycles. The molecule has 0 heterocycles. The molecule has 0 aliphatic heterocycles. The van der Waals surface area contributed by atoms with Crippen molar-refractivity contribution >= 4 is 11.6 Å². The van der Waals surface area contributed by atoms with E-state index in [9.17, 15) is 9.18 Å². The maximum absolute atomic E-state index is 12.9. The maximum atomic E-state index is 12.9. The van der Waals surface area contributed by atoms with Gasteiger partial charge in [-0.15, -0.1) is 0 Å². The fraction of sp³-hybridized carbons (Fsp3) is 0.278. The zero-order valence-electron chi connectivity index (χ0n) is 13.1. The van der Waals surface area contributed by atoms with Crippen LogP contribution in [0.3, 0.4) is 0 Å². The van der Waals surface area contributed by atoms with Crippen molar-refractivity contribution in [2.45, 2.75) is 26.4 Å². The molecule has 0 aliphatic rings. The molecule has 22 heavy (non-hydrogen) atoms. The highest BCUT2D eigenvalue weighted by Crippen LogP contribution is 2.13. The van der Waals surface area contributed by atoms with Crippen LogP contribution in [-0.4, -0.2) is 23.9 Å². The van der Waals surface area contributed by atoms with E-state index in [0.29, 0.717) is 12.2 Å². The first-order valence-corrected chi connectivity index (χ1v) is 7.28. The molecule has 1 amide bonds.